The Balaban J connectivity index is 1.93. The molecule has 2 unspecified atom stereocenters. The maximum absolute atomic E-state index is 6.05. The minimum atomic E-state index is 0.537. The molecule has 2 heterocycles. The van der Waals surface area contributed by atoms with Crippen molar-refractivity contribution in [2.75, 3.05) is 12.0 Å². The second kappa shape index (κ2) is 5.25. The number of nitrogen functional groups attached to an aromatic ring is 1. The third-order valence-electron chi connectivity index (χ3n) is 3.88. The largest absolute Gasteiger partial charge is 0.398 e. The van der Waals surface area contributed by atoms with E-state index in [-0.39, 0.29) is 0 Å². The van der Waals surface area contributed by atoms with E-state index in [2.05, 4.69) is 20.8 Å². The number of thioether (sulfide) groups is 1. The fourth-order valence-corrected chi connectivity index (χ4v) is 3.59. The zero-order chi connectivity index (χ0) is 13.2. The summed E-state index contributed by atoms with van der Waals surface area (Å²) in [5.41, 5.74) is 8.87. The smallest absolute Gasteiger partial charge is 0.0953 e. The zero-order valence-electron chi connectivity index (χ0n) is 11.0. The maximum atomic E-state index is 6.05. The van der Waals surface area contributed by atoms with Gasteiger partial charge in [-0.2, -0.15) is 11.8 Å². The van der Waals surface area contributed by atoms with Crippen LogP contribution in [0.25, 0.3) is 11.3 Å². The van der Waals surface area contributed by atoms with E-state index in [1.165, 1.54) is 19.3 Å². The van der Waals surface area contributed by atoms with Crippen molar-refractivity contribution < 1.29 is 0 Å². The van der Waals surface area contributed by atoms with Gasteiger partial charge in [0.15, 0.2) is 0 Å². The highest BCUT2D eigenvalue weighted by Crippen LogP contribution is 2.38. The molecule has 0 aliphatic heterocycles. The Kier molecular flexibility index (Phi) is 3.46. The van der Waals surface area contributed by atoms with Crippen LogP contribution in [0.5, 0.6) is 0 Å². The number of rotatable bonds is 3. The van der Waals surface area contributed by atoms with Gasteiger partial charge in [-0.3, -0.25) is 4.98 Å². The molecule has 0 saturated heterocycles. The van der Waals surface area contributed by atoms with Crippen LogP contribution in [0.1, 0.15) is 25.3 Å². The van der Waals surface area contributed by atoms with E-state index in [1.807, 2.05) is 36.5 Å². The van der Waals surface area contributed by atoms with Crippen LogP contribution in [-0.4, -0.2) is 26.0 Å². The van der Waals surface area contributed by atoms with E-state index in [1.54, 1.807) is 6.20 Å². The van der Waals surface area contributed by atoms with Gasteiger partial charge in [0.25, 0.3) is 0 Å². The van der Waals surface area contributed by atoms with Crippen LogP contribution in [0.2, 0.25) is 0 Å². The summed E-state index contributed by atoms with van der Waals surface area (Å²) in [6.07, 6.45) is 13.3. The summed E-state index contributed by atoms with van der Waals surface area (Å²) in [6.45, 7) is 0. The summed E-state index contributed by atoms with van der Waals surface area (Å²) in [4.78, 5) is 8.48. The lowest BCUT2D eigenvalue weighted by Gasteiger charge is -2.16. The van der Waals surface area contributed by atoms with Crippen molar-refractivity contribution in [1.82, 2.24) is 14.5 Å². The average Bonchev–Trinajstić information content (AvgIpc) is 3.07. The van der Waals surface area contributed by atoms with Gasteiger partial charge in [0.1, 0.15) is 0 Å². The Morgan fingerprint density at radius 1 is 1.32 bits per heavy atom. The molecule has 1 aliphatic carbocycles. The quantitative estimate of drug-likeness (QED) is 0.935. The molecule has 0 aromatic carbocycles. The van der Waals surface area contributed by atoms with E-state index >= 15 is 0 Å². The van der Waals surface area contributed by atoms with Gasteiger partial charge < -0.3 is 10.3 Å². The maximum Gasteiger partial charge on any atom is 0.0953 e. The SMILES string of the molecule is CSC1CCC(n2cncc2-c2cnccc2N)C1. The molecule has 3 rings (SSSR count). The molecule has 2 atom stereocenters. The number of pyridine rings is 1. The van der Waals surface area contributed by atoms with Crippen molar-refractivity contribution in [2.24, 2.45) is 0 Å². The van der Waals surface area contributed by atoms with Crippen LogP contribution in [0.15, 0.2) is 31.0 Å². The molecule has 100 valence electrons. The zero-order valence-corrected chi connectivity index (χ0v) is 11.8. The van der Waals surface area contributed by atoms with Gasteiger partial charge in [-0.15, -0.1) is 0 Å². The molecule has 4 nitrogen and oxygen atoms in total. The van der Waals surface area contributed by atoms with Crippen molar-refractivity contribution in [1.29, 1.82) is 0 Å². The first-order valence-electron chi connectivity index (χ1n) is 6.54. The lowest BCUT2D eigenvalue weighted by molar-refractivity contribution is 0.524. The van der Waals surface area contributed by atoms with Crippen LogP contribution >= 0.6 is 11.8 Å². The lowest BCUT2D eigenvalue weighted by Crippen LogP contribution is -2.07. The molecule has 1 saturated carbocycles. The number of imidazole rings is 1. The summed E-state index contributed by atoms with van der Waals surface area (Å²) < 4.78 is 2.27. The van der Waals surface area contributed by atoms with Crippen molar-refractivity contribution in [2.45, 2.75) is 30.6 Å². The monoisotopic (exact) mass is 274 g/mol. The lowest BCUT2D eigenvalue weighted by atomic mass is 10.1. The Morgan fingerprint density at radius 3 is 2.95 bits per heavy atom. The summed E-state index contributed by atoms with van der Waals surface area (Å²) in [5, 5.41) is 0.770. The average molecular weight is 274 g/mol. The molecule has 2 aromatic heterocycles. The number of aromatic nitrogens is 3. The number of anilines is 1. The summed E-state index contributed by atoms with van der Waals surface area (Å²) in [7, 11) is 0. The van der Waals surface area contributed by atoms with Crippen LogP contribution in [-0.2, 0) is 0 Å². The highest BCUT2D eigenvalue weighted by atomic mass is 32.2. The van der Waals surface area contributed by atoms with Crippen molar-refractivity contribution >= 4 is 17.4 Å². The number of nitrogens with two attached hydrogens (primary N) is 1. The predicted molar refractivity (Wildman–Crippen MR) is 80.1 cm³/mol. The highest BCUT2D eigenvalue weighted by molar-refractivity contribution is 7.99. The van der Waals surface area contributed by atoms with Crippen molar-refractivity contribution in [3.8, 4) is 11.3 Å². The molecule has 0 radical (unpaired) electrons. The first kappa shape index (κ1) is 12.5. The Labute approximate surface area is 117 Å². The van der Waals surface area contributed by atoms with Crippen LogP contribution < -0.4 is 5.73 Å². The fourth-order valence-electron chi connectivity index (χ4n) is 2.81. The van der Waals surface area contributed by atoms with Crippen LogP contribution in [0.4, 0.5) is 5.69 Å². The van der Waals surface area contributed by atoms with Gasteiger partial charge in [0.05, 0.1) is 18.2 Å². The molecule has 1 fully saturated rings. The molecule has 0 spiro atoms. The van der Waals surface area contributed by atoms with Crippen LogP contribution in [0.3, 0.4) is 0 Å². The molecule has 2 N–H and O–H groups in total. The minimum Gasteiger partial charge on any atom is -0.398 e. The second-order valence-electron chi connectivity index (χ2n) is 4.97. The fraction of sp³-hybridized carbons (Fsp3) is 0.429. The van der Waals surface area contributed by atoms with E-state index in [0.29, 0.717) is 6.04 Å². The van der Waals surface area contributed by atoms with Crippen molar-refractivity contribution in [3.05, 3.63) is 31.0 Å². The highest BCUT2D eigenvalue weighted by Gasteiger charge is 2.26. The first-order chi connectivity index (χ1) is 9.29. The molecular weight excluding hydrogens is 256 g/mol. The van der Waals surface area contributed by atoms with E-state index in [4.69, 9.17) is 5.73 Å². The van der Waals surface area contributed by atoms with Gasteiger partial charge in [0.2, 0.25) is 0 Å². The van der Waals surface area contributed by atoms with E-state index < -0.39 is 0 Å². The van der Waals surface area contributed by atoms with Gasteiger partial charge in [-0.25, -0.2) is 4.98 Å². The molecule has 0 amide bonds. The molecule has 1 aliphatic rings. The Morgan fingerprint density at radius 2 is 2.21 bits per heavy atom. The van der Waals surface area contributed by atoms with Gasteiger partial charge in [-0.1, -0.05) is 0 Å². The molecule has 19 heavy (non-hydrogen) atoms. The summed E-state index contributed by atoms with van der Waals surface area (Å²) in [6, 6.07) is 2.38. The topological polar surface area (TPSA) is 56.7 Å². The first-order valence-corrected chi connectivity index (χ1v) is 7.83. The molecule has 2 aromatic rings. The van der Waals surface area contributed by atoms with E-state index in [0.717, 1.165) is 22.2 Å². The van der Waals surface area contributed by atoms with Crippen LogP contribution in [0, 0.1) is 0 Å². The predicted octanol–water partition coefficient (Wildman–Crippen LogP) is 2.98. The third-order valence-corrected chi connectivity index (χ3v) is 4.98. The molecule has 0 bridgehead atoms. The molecular formula is C14H18N4S. The minimum absolute atomic E-state index is 0.537. The number of hydrogen-bond donors (Lipinski definition) is 1. The third kappa shape index (κ3) is 2.34. The van der Waals surface area contributed by atoms with Crippen molar-refractivity contribution in [3.63, 3.8) is 0 Å². The number of nitrogens with zero attached hydrogens (tertiary/aromatic N) is 3. The Bertz CT molecular complexity index is 566. The van der Waals surface area contributed by atoms with E-state index in [9.17, 15) is 0 Å². The second-order valence-corrected chi connectivity index (χ2v) is 6.11. The number of hydrogen-bond acceptors (Lipinski definition) is 4. The molecule has 5 heteroatoms. The normalized spacial score (nSPS) is 22.8. The standard InChI is InChI=1S/C14H18N4S/c1-19-11-3-2-10(6-11)18-9-17-8-14(18)12-7-16-5-4-13(12)15/h4-5,7-11H,2-3,6H2,1H3,(H2,15,16). The summed E-state index contributed by atoms with van der Waals surface area (Å²) in [5.74, 6) is 0. The van der Waals surface area contributed by atoms with Gasteiger partial charge in [-0.05, 0) is 31.6 Å². The van der Waals surface area contributed by atoms with Gasteiger partial charge in [0, 0.05) is 34.9 Å². The summed E-state index contributed by atoms with van der Waals surface area (Å²) >= 11 is 1.97. The van der Waals surface area contributed by atoms with Gasteiger partial charge >= 0.3 is 0 Å². The Hall–Kier alpha value is -1.49.